The van der Waals surface area contributed by atoms with Gasteiger partial charge in [0.05, 0.1) is 0 Å². The van der Waals surface area contributed by atoms with Gasteiger partial charge in [0.15, 0.2) is 0 Å². The monoisotopic (exact) mass is 201 g/mol. The van der Waals surface area contributed by atoms with Crippen LogP contribution in [0.4, 0.5) is 0 Å². The van der Waals surface area contributed by atoms with Gasteiger partial charge in [-0.3, -0.25) is 9.59 Å². The van der Waals surface area contributed by atoms with E-state index in [-0.39, 0.29) is 24.0 Å². The zero-order valence-corrected chi connectivity index (χ0v) is 9.04. The van der Waals surface area contributed by atoms with Crippen molar-refractivity contribution in [1.82, 2.24) is 0 Å². The molecule has 0 fully saturated rings. The molecule has 0 amide bonds. The van der Waals surface area contributed by atoms with E-state index in [0.29, 0.717) is 0 Å². The van der Waals surface area contributed by atoms with E-state index in [1.54, 1.807) is 0 Å². The quantitative estimate of drug-likeness (QED) is 0.676. The molecule has 3 N–H and O–H groups in total. The summed E-state index contributed by atoms with van der Waals surface area (Å²) in [5.74, 6) is -0.969. The number of ketones is 1. The van der Waals surface area contributed by atoms with Crippen LogP contribution in [0.15, 0.2) is 0 Å². The first-order chi connectivity index (χ1) is 6.31. The smallest absolute Gasteiger partial charge is 0.320 e. The van der Waals surface area contributed by atoms with E-state index in [1.807, 2.05) is 20.8 Å². The molecule has 0 aliphatic carbocycles. The van der Waals surface area contributed by atoms with E-state index in [4.69, 9.17) is 10.8 Å². The van der Waals surface area contributed by atoms with E-state index in [0.717, 1.165) is 6.42 Å². The molecule has 14 heavy (non-hydrogen) atoms. The van der Waals surface area contributed by atoms with Gasteiger partial charge in [0, 0.05) is 11.8 Å². The molecule has 82 valence electrons. The number of carboxylic acid groups (broad SMARTS) is 1. The second kappa shape index (κ2) is 5.10. The summed E-state index contributed by atoms with van der Waals surface area (Å²) in [5, 5.41) is 8.52. The van der Waals surface area contributed by atoms with Crippen molar-refractivity contribution in [3.8, 4) is 0 Å². The van der Waals surface area contributed by atoms with Gasteiger partial charge >= 0.3 is 5.97 Å². The molecule has 0 aromatic rings. The summed E-state index contributed by atoms with van der Waals surface area (Å²) >= 11 is 0. The molecule has 0 saturated heterocycles. The molecule has 0 aromatic heterocycles. The number of carboxylic acids is 1. The Kier molecular flexibility index (Phi) is 4.77. The maximum atomic E-state index is 11.6. The molecule has 0 spiro atoms. The van der Waals surface area contributed by atoms with Gasteiger partial charge in [-0.05, 0) is 12.8 Å². The molecular formula is C10H19NO3. The second-order valence-corrected chi connectivity index (χ2v) is 4.14. The second-order valence-electron chi connectivity index (χ2n) is 4.14. The van der Waals surface area contributed by atoms with Crippen molar-refractivity contribution in [2.45, 2.75) is 46.1 Å². The van der Waals surface area contributed by atoms with Crippen LogP contribution in [0.2, 0.25) is 0 Å². The summed E-state index contributed by atoms with van der Waals surface area (Å²) in [4.78, 5) is 22.0. The van der Waals surface area contributed by atoms with E-state index in [9.17, 15) is 9.59 Å². The number of nitrogens with two attached hydrogens (primary N) is 1. The first kappa shape index (κ1) is 13.1. The van der Waals surface area contributed by atoms with Gasteiger partial charge in [-0.25, -0.2) is 0 Å². The van der Waals surface area contributed by atoms with Crippen LogP contribution in [0.3, 0.4) is 0 Å². The molecule has 0 aliphatic heterocycles. The Labute approximate surface area is 84.5 Å². The third kappa shape index (κ3) is 3.87. The van der Waals surface area contributed by atoms with Gasteiger partial charge in [0.1, 0.15) is 11.8 Å². The van der Waals surface area contributed by atoms with Crippen LogP contribution in [0.5, 0.6) is 0 Å². The average molecular weight is 201 g/mol. The highest BCUT2D eigenvalue weighted by Crippen LogP contribution is 2.23. The van der Waals surface area contributed by atoms with Crippen molar-refractivity contribution in [1.29, 1.82) is 0 Å². The topological polar surface area (TPSA) is 80.4 Å². The molecule has 0 aromatic carbocycles. The minimum atomic E-state index is -1.05. The number of hydrogen-bond donors (Lipinski definition) is 2. The van der Waals surface area contributed by atoms with Crippen LogP contribution in [0.25, 0.3) is 0 Å². The van der Waals surface area contributed by atoms with Crippen LogP contribution < -0.4 is 5.73 Å². The van der Waals surface area contributed by atoms with Gasteiger partial charge in [0.2, 0.25) is 0 Å². The number of Topliss-reactive ketones (excluding diaryl/α,β-unsaturated/α-hetero) is 1. The molecule has 4 nitrogen and oxygen atoms in total. The summed E-state index contributed by atoms with van der Waals surface area (Å²) < 4.78 is 0. The van der Waals surface area contributed by atoms with Crippen molar-refractivity contribution in [2.75, 3.05) is 0 Å². The zero-order valence-electron chi connectivity index (χ0n) is 9.04. The van der Waals surface area contributed by atoms with E-state index >= 15 is 0 Å². The minimum absolute atomic E-state index is 0.0803. The summed E-state index contributed by atoms with van der Waals surface area (Å²) in [7, 11) is 0. The van der Waals surface area contributed by atoms with Crippen LogP contribution in [0, 0.1) is 5.41 Å². The first-order valence-corrected chi connectivity index (χ1v) is 4.83. The third-order valence-electron chi connectivity index (χ3n) is 2.64. The fraction of sp³-hybridized carbons (Fsp3) is 0.800. The summed E-state index contributed by atoms with van der Waals surface area (Å²) in [6.07, 6.45) is 1.22. The Balaban J connectivity index is 4.03. The maximum Gasteiger partial charge on any atom is 0.320 e. The molecular weight excluding hydrogens is 182 g/mol. The summed E-state index contributed by atoms with van der Waals surface area (Å²) in [6, 6.07) is -0.924. The number of rotatable bonds is 6. The van der Waals surface area contributed by atoms with Crippen molar-refractivity contribution < 1.29 is 14.7 Å². The van der Waals surface area contributed by atoms with Crippen LogP contribution in [-0.2, 0) is 9.59 Å². The van der Waals surface area contributed by atoms with E-state index in [1.165, 1.54) is 0 Å². The number of carbonyl (C=O) groups is 2. The maximum absolute atomic E-state index is 11.6. The van der Waals surface area contributed by atoms with Gasteiger partial charge in [-0.1, -0.05) is 20.8 Å². The standard InChI is InChI=1S/C10H19NO3/c1-4-10(2,3)8(12)6-5-7(11)9(13)14/h7H,4-6,11H2,1-3H3,(H,13,14). The van der Waals surface area contributed by atoms with Crippen molar-refractivity contribution in [2.24, 2.45) is 11.1 Å². The summed E-state index contributed by atoms with van der Waals surface area (Å²) in [5.41, 5.74) is 4.93. The number of carbonyl (C=O) groups excluding carboxylic acids is 1. The fourth-order valence-electron chi connectivity index (χ4n) is 0.946. The van der Waals surface area contributed by atoms with E-state index in [2.05, 4.69) is 0 Å². The molecule has 0 bridgehead atoms. The molecule has 4 heteroatoms. The fourth-order valence-corrected chi connectivity index (χ4v) is 0.946. The molecule has 0 heterocycles. The van der Waals surface area contributed by atoms with Gasteiger partial charge in [-0.15, -0.1) is 0 Å². The molecule has 0 rings (SSSR count). The Morgan fingerprint density at radius 3 is 2.29 bits per heavy atom. The van der Waals surface area contributed by atoms with Gasteiger partial charge in [-0.2, -0.15) is 0 Å². The molecule has 1 unspecified atom stereocenters. The molecule has 0 radical (unpaired) electrons. The lowest BCUT2D eigenvalue weighted by molar-refractivity contribution is -0.138. The van der Waals surface area contributed by atoms with Crippen LogP contribution in [0.1, 0.15) is 40.0 Å². The molecule has 0 saturated carbocycles. The van der Waals surface area contributed by atoms with Gasteiger partial charge < -0.3 is 10.8 Å². The van der Waals surface area contributed by atoms with Crippen molar-refractivity contribution in [3.05, 3.63) is 0 Å². The van der Waals surface area contributed by atoms with Crippen LogP contribution in [-0.4, -0.2) is 22.9 Å². The number of aliphatic carboxylic acids is 1. The minimum Gasteiger partial charge on any atom is -0.480 e. The Morgan fingerprint density at radius 1 is 1.43 bits per heavy atom. The highest BCUT2D eigenvalue weighted by atomic mass is 16.4. The highest BCUT2D eigenvalue weighted by molar-refractivity contribution is 5.84. The van der Waals surface area contributed by atoms with E-state index < -0.39 is 12.0 Å². The zero-order chi connectivity index (χ0) is 11.4. The van der Waals surface area contributed by atoms with Crippen molar-refractivity contribution in [3.63, 3.8) is 0 Å². The molecule has 1 atom stereocenters. The third-order valence-corrected chi connectivity index (χ3v) is 2.64. The normalized spacial score (nSPS) is 13.7. The average Bonchev–Trinajstić information content (AvgIpc) is 2.13. The van der Waals surface area contributed by atoms with Crippen LogP contribution >= 0.6 is 0 Å². The Bertz CT molecular complexity index is 223. The number of hydrogen-bond acceptors (Lipinski definition) is 3. The van der Waals surface area contributed by atoms with Gasteiger partial charge in [0.25, 0.3) is 0 Å². The highest BCUT2D eigenvalue weighted by Gasteiger charge is 2.25. The lowest BCUT2D eigenvalue weighted by Crippen LogP contribution is -2.32. The summed E-state index contributed by atoms with van der Waals surface area (Å²) in [6.45, 7) is 5.66. The Morgan fingerprint density at radius 2 is 1.93 bits per heavy atom. The Hall–Kier alpha value is -0.900. The predicted molar refractivity (Wildman–Crippen MR) is 53.9 cm³/mol. The lowest BCUT2D eigenvalue weighted by Gasteiger charge is -2.21. The largest absolute Gasteiger partial charge is 0.480 e. The molecule has 0 aliphatic rings. The van der Waals surface area contributed by atoms with Crippen molar-refractivity contribution >= 4 is 11.8 Å². The predicted octanol–water partition coefficient (Wildman–Crippen LogP) is 1.18. The first-order valence-electron chi connectivity index (χ1n) is 4.83. The lowest BCUT2D eigenvalue weighted by atomic mass is 9.83. The SMILES string of the molecule is CCC(C)(C)C(=O)CCC(N)C(=O)O.